The van der Waals surface area contributed by atoms with E-state index in [2.05, 4.69) is 10.4 Å². The maximum atomic E-state index is 5.34. The van der Waals surface area contributed by atoms with Crippen LogP contribution in [0.1, 0.15) is 16.5 Å². The Kier molecular flexibility index (Phi) is 3.26. The molecule has 16 heavy (non-hydrogen) atoms. The van der Waals surface area contributed by atoms with Crippen molar-refractivity contribution in [3.05, 3.63) is 34.3 Å². The van der Waals surface area contributed by atoms with Gasteiger partial charge in [0.15, 0.2) is 0 Å². The molecule has 0 aliphatic carbocycles. The van der Waals surface area contributed by atoms with Crippen LogP contribution in [0.2, 0.25) is 0 Å². The molecule has 0 saturated carbocycles. The van der Waals surface area contributed by atoms with E-state index in [9.17, 15) is 0 Å². The number of hydrogen-bond donors (Lipinski definition) is 1. The summed E-state index contributed by atoms with van der Waals surface area (Å²) in [5.41, 5.74) is 1.14. The van der Waals surface area contributed by atoms with Gasteiger partial charge < -0.3 is 10.1 Å². The lowest BCUT2D eigenvalue weighted by molar-refractivity contribution is 0.408. The van der Waals surface area contributed by atoms with Crippen LogP contribution in [0.15, 0.2) is 23.8 Å². The Bertz CT molecular complexity index is 463. The first-order valence-corrected chi connectivity index (χ1v) is 5.91. The van der Waals surface area contributed by atoms with Gasteiger partial charge in [0.1, 0.15) is 5.75 Å². The van der Waals surface area contributed by atoms with Crippen molar-refractivity contribution in [2.45, 2.75) is 6.04 Å². The molecule has 1 unspecified atom stereocenters. The second-order valence-corrected chi connectivity index (χ2v) is 4.47. The Labute approximate surface area is 98.9 Å². The van der Waals surface area contributed by atoms with Crippen molar-refractivity contribution in [3.8, 4) is 5.75 Å². The van der Waals surface area contributed by atoms with E-state index in [1.54, 1.807) is 23.1 Å². The zero-order valence-electron chi connectivity index (χ0n) is 9.60. The number of ether oxygens (including phenoxy) is 1. The molecule has 0 bridgehead atoms. The van der Waals surface area contributed by atoms with Crippen molar-refractivity contribution in [3.63, 3.8) is 0 Å². The van der Waals surface area contributed by atoms with Crippen molar-refractivity contribution in [2.75, 3.05) is 14.2 Å². The first-order chi connectivity index (χ1) is 7.76. The molecule has 2 aromatic rings. The third kappa shape index (κ3) is 1.96. The number of thiophene rings is 1. The SMILES string of the molecule is CNC(c1cnn(C)c1)c1sccc1OC. The number of hydrogen-bond acceptors (Lipinski definition) is 4. The molecule has 86 valence electrons. The number of nitrogens with one attached hydrogen (secondary N) is 1. The van der Waals surface area contributed by atoms with Gasteiger partial charge in [-0.1, -0.05) is 0 Å². The van der Waals surface area contributed by atoms with E-state index in [4.69, 9.17) is 4.74 Å². The van der Waals surface area contributed by atoms with Crippen LogP contribution < -0.4 is 10.1 Å². The minimum absolute atomic E-state index is 0.142. The van der Waals surface area contributed by atoms with Crippen LogP contribution in [-0.2, 0) is 7.05 Å². The Hall–Kier alpha value is -1.33. The van der Waals surface area contributed by atoms with E-state index in [0.29, 0.717) is 0 Å². The molecule has 2 rings (SSSR count). The average Bonchev–Trinajstić information content (AvgIpc) is 2.89. The van der Waals surface area contributed by atoms with Crippen LogP contribution in [0.5, 0.6) is 5.75 Å². The maximum Gasteiger partial charge on any atom is 0.134 e. The molecule has 0 amide bonds. The van der Waals surface area contributed by atoms with Gasteiger partial charge in [0.05, 0.1) is 24.2 Å². The van der Waals surface area contributed by atoms with Gasteiger partial charge in [-0.3, -0.25) is 4.68 Å². The fourth-order valence-electron chi connectivity index (χ4n) is 1.73. The smallest absolute Gasteiger partial charge is 0.134 e. The van der Waals surface area contributed by atoms with E-state index in [1.807, 2.05) is 37.9 Å². The van der Waals surface area contributed by atoms with Crippen LogP contribution in [0.25, 0.3) is 0 Å². The van der Waals surface area contributed by atoms with Gasteiger partial charge in [-0.05, 0) is 18.5 Å². The van der Waals surface area contributed by atoms with Crippen molar-refractivity contribution >= 4 is 11.3 Å². The van der Waals surface area contributed by atoms with Crippen LogP contribution in [0, 0.1) is 0 Å². The van der Waals surface area contributed by atoms with Crippen LogP contribution in [0.3, 0.4) is 0 Å². The van der Waals surface area contributed by atoms with E-state index in [-0.39, 0.29) is 6.04 Å². The zero-order chi connectivity index (χ0) is 11.5. The normalized spacial score (nSPS) is 12.7. The summed E-state index contributed by atoms with van der Waals surface area (Å²) in [5, 5.41) is 9.51. The number of methoxy groups -OCH3 is 1. The summed E-state index contributed by atoms with van der Waals surface area (Å²) in [6, 6.07) is 2.13. The van der Waals surface area contributed by atoms with Crippen molar-refractivity contribution in [2.24, 2.45) is 7.05 Å². The quantitative estimate of drug-likeness (QED) is 0.881. The molecule has 0 aliphatic rings. The summed E-state index contributed by atoms with van der Waals surface area (Å²) in [6.07, 6.45) is 3.89. The van der Waals surface area contributed by atoms with Crippen LogP contribution >= 0.6 is 11.3 Å². The van der Waals surface area contributed by atoms with Crippen LogP contribution in [0.4, 0.5) is 0 Å². The molecule has 1 atom stereocenters. The highest BCUT2D eigenvalue weighted by atomic mass is 32.1. The summed E-state index contributed by atoms with van der Waals surface area (Å²) in [6.45, 7) is 0. The summed E-state index contributed by atoms with van der Waals surface area (Å²) in [4.78, 5) is 1.18. The summed E-state index contributed by atoms with van der Waals surface area (Å²) in [5.74, 6) is 0.924. The van der Waals surface area contributed by atoms with Gasteiger partial charge in [0, 0.05) is 18.8 Å². The lowest BCUT2D eigenvalue weighted by Crippen LogP contribution is -2.16. The van der Waals surface area contributed by atoms with Crippen LogP contribution in [-0.4, -0.2) is 23.9 Å². The third-order valence-electron chi connectivity index (χ3n) is 2.49. The average molecular weight is 237 g/mol. The molecule has 0 spiro atoms. The van der Waals surface area contributed by atoms with Gasteiger partial charge in [0.2, 0.25) is 0 Å². The van der Waals surface area contributed by atoms with Crippen molar-refractivity contribution < 1.29 is 4.74 Å². The molecular weight excluding hydrogens is 222 g/mol. The van der Waals surface area contributed by atoms with E-state index in [1.165, 1.54) is 4.88 Å². The second-order valence-electron chi connectivity index (χ2n) is 3.52. The Balaban J connectivity index is 2.36. The molecule has 0 fully saturated rings. The van der Waals surface area contributed by atoms with E-state index >= 15 is 0 Å². The molecule has 0 radical (unpaired) electrons. The highest BCUT2D eigenvalue weighted by Crippen LogP contribution is 2.34. The predicted molar refractivity (Wildman–Crippen MR) is 65.0 cm³/mol. The zero-order valence-corrected chi connectivity index (χ0v) is 10.4. The molecule has 0 aliphatic heterocycles. The van der Waals surface area contributed by atoms with Gasteiger partial charge in [0.25, 0.3) is 0 Å². The predicted octanol–water partition coefficient (Wildman–Crippen LogP) is 1.80. The Morgan fingerprint density at radius 2 is 2.38 bits per heavy atom. The number of nitrogens with zero attached hydrogens (tertiary/aromatic N) is 2. The van der Waals surface area contributed by atoms with Crippen molar-refractivity contribution in [1.29, 1.82) is 0 Å². The molecule has 1 N–H and O–H groups in total. The minimum Gasteiger partial charge on any atom is -0.496 e. The second kappa shape index (κ2) is 4.67. The topological polar surface area (TPSA) is 39.1 Å². The fourth-order valence-corrected chi connectivity index (χ4v) is 2.72. The monoisotopic (exact) mass is 237 g/mol. The first kappa shape index (κ1) is 11.2. The molecule has 0 aromatic carbocycles. The fraction of sp³-hybridized carbons (Fsp3) is 0.364. The minimum atomic E-state index is 0.142. The highest BCUT2D eigenvalue weighted by Gasteiger charge is 2.19. The summed E-state index contributed by atoms with van der Waals surface area (Å²) < 4.78 is 7.14. The van der Waals surface area contributed by atoms with Gasteiger partial charge in [-0.25, -0.2) is 0 Å². The number of rotatable bonds is 4. The lowest BCUT2D eigenvalue weighted by Gasteiger charge is -2.14. The first-order valence-electron chi connectivity index (χ1n) is 5.03. The molecule has 4 nitrogen and oxygen atoms in total. The van der Waals surface area contributed by atoms with Gasteiger partial charge >= 0.3 is 0 Å². The number of aryl methyl sites for hydroxylation is 1. The van der Waals surface area contributed by atoms with E-state index in [0.717, 1.165) is 11.3 Å². The highest BCUT2D eigenvalue weighted by molar-refractivity contribution is 7.10. The maximum absolute atomic E-state index is 5.34. The standard InChI is InChI=1S/C11H15N3OS/c1-12-10(8-6-13-14(2)7-8)11-9(15-3)4-5-16-11/h4-7,10,12H,1-3H3. The molecule has 2 heterocycles. The molecule has 2 aromatic heterocycles. The molecule has 0 saturated heterocycles. The van der Waals surface area contributed by atoms with Crippen molar-refractivity contribution in [1.82, 2.24) is 15.1 Å². The third-order valence-corrected chi connectivity index (χ3v) is 3.45. The Morgan fingerprint density at radius 1 is 1.56 bits per heavy atom. The lowest BCUT2D eigenvalue weighted by atomic mass is 10.1. The van der Waals surface area contributed by atoms with E-state index < -0.39 is 0 Å². The largest absolute Gasteiger partial charge is 0.496 e. The van der Waals surface area contributed by atoms with Gasteiger partial charge in [-0.15, -0.1) is 11.3 Å². The summed E-state index contributed by atoms with van der Waals surface area (Å²) in [7, 11) is 5.56. The number of aromatic nitrogens is 2. The molecular formula is C11H15N3OS. The van der Waals surface area contributed by atoms with Gasteiger partial charge in [-0.2, -0.15) is 5.10 Å². The Morgan fingerprint density at radius 3 is 2.94 bits per heavy atom. The summed E-state index contributed by atoms with van der Waals surface area (Å²) >= 11 is 1.69. The molecule has 5 heteroatoms.